The standard InChI is InChI=1S/C7H7ClO2S/c1-11(9,10)7-4-2-6(8)3-5-7/h2-5H,1H3/p+1. The molecule has 0 saturated carbocycles. The molecule has 11 heavy (non-hydrogen) atoms. The van der Waals surface area contributed by atoms with Crippen molar-refractivity contribution in [3.8, 4) is 0 Å². The van der Waals surface area contributed by atoms with E-state index >= 15 is 0 Å². The zero-order chi connectivity index (χ0) is 8.48. The number of benzene rings is 1. The van der Waals surface area contributed by atoms with Crippen LogP contribution in [0.3, 0.4) is 0 Å². The third kappa shape index (κ3) is 2.29. The molecule has 1 unspecified atom stereocenters. The van der Waals surface area contributed by atoms with E-state index in [9.17, 15) is 4.21 Å². The highest BCUT2D eigenvalue weighted by molar-refractivity contribution is 7.97. The summed E-state index contributed by atoms with van der Waals surface area (Å²) < 4.78 is 20.1. The lowest BCUT2D eigenvalue weighted by atomic mass is 10.4. The molecule has 2 nitrogen and oxygen atoms in total. The van der Waals surface area contributed by atoms with Gasteiger partial charge in [-0.1, -0.05) is 15.8 Å². The van der Waals surface area contributed by atoms with Crippen LogP contribution in [0.5, 0.6) is 0 Å². The lowest BCUT2D eigenvalue weighted by molar-refractivity contribution is 0.503. The molecule has 1 aromatic rings. The molecular formula is C7H8ClO2S+. The van der Waals surface area contributed by atoms with Gasteiger partial charge in [0.15, 0.2) is 4.90 Å². The number of halogens is 1. The molecular weight excluding hydrogens is 184 g/mol. The van der Waals surface area contributed by atoms with E-state index in [2.05, 4.69) is 0 Å². The molecule has 0 aliphatic rings. The van der Waals surface area contributed by atoms with Crippen molar-refractivity contribution in [2.45, 2.75) is 4.90 Å². The van der Waals surface area contributed by atoms with Crippen LogP contribution in [0, 0.1) is 0 Å². The summed E-state index contributed by atoms with van der Waals surface area (Å²) >= 11 is 5.59. The highest BCUT2D eigenvalue weighted by Gasteiger charge is 2.19. The summed E-state index contributed by atoms with van der Waals surface area (Å²) in [6, 6.07) is 6.28. The van der Waals surface area contributed by atoms with Gasteiger partial charge in [0.05, 0.1) is 0 Å². The first-order valence-corrected chi connectivity index (χ1v) is 5.27. The van der Waals surface area contributed by atoms with Crippen LogP contribution in [-0.2, 0) is 14.4 Å². The van der Waals surface area contributed by atoms with Crippen molar-refractivity contribution >= 4 is 21.8 Å². The van der Waals surface area contributed by atoms with Gasteiger partial charge in [-0.2, -0.15) is 4.55 Å². The van der Waals surface area contributed by atoms with Gasteiger partial charge < -0.3 is 0 Å². The average molecular weight is 192 g/mol. The normalized spacial score (nSPS) is 15.9. The van der Waals surface area contributed by atoms with Crippen LogP contribution >= 0.6 is 11.6 Å². The first-order chi connectivity index (χ1) is 5.00. The quantitative estimate of drug-likeness (QED) is 0.692. The Bertz CT molecular complexity index is 288. The summed E-state index contributed by atoms with van der Waals surface area (Å²) in [5.74, 6) is 0. The molecule has 0 radical (unpaired) electrons. The topological polar surface area (TPSA) is 37.3 Å². The van der Waals surface area contributed by atoms with Gasteiger partial charge in [0.2, 0.25) is 10.2 Å². The van der Waals surface area contributed by atoms with E-state index in [1.165, 1.54) is 6.26 Å². The molecule has 0 fully saturated rings. The maximum Gasteiger partial charge on any atom is 0.244 e. The number of rotatable bonds is 1. The van der Waals surface area contributed by atoms with Crippen LogP contribution < -0.4 is 0 Å². The van der Waals surface area contributed by atoms with Crippen molar-refractivity contribution in [3.63, 3.8) is 0 Å². The third-order valence-corrected chi connectivity index (χ3v) is 2.65. The minimum Gasteiger partial charge on any atom is -0.183 e. The van der Waals surface area contributed by atoms with Gasteiger partial charge in [-0.15, -0.1) is 0 Å². The molecule has 60 valence electrons. The molecule has 0 saturated heterocycles. The van der Waals surface area contributed by atoms with E-state index < -0.39 is 10.2 Å². The Labute approximate surface area is 71.4 Å². The van der Waals surface area contributed by atoms with Gasteiger partial charge in [-0.25, -0.2) is 0 Å². The zero-order valence-corrected chi connectivity index (χ0v) is 7.52. The predicted octanol–water partition coefficient (Wildman–Crippen LogP) is 2.30. The highest BCUT2D eigenvalue weighted by Crippen LogP contribution is 2.16. The van der Waals surface area contributed by atoms with Crippen molar-refractivity contribution in [3.05, 3.63) is 29.3 Å². The second-order valence-corrected chi connectivity index (χ2v) is 4.77. The van der Waals surface area contributed by atoms with Crippen LogP contribution in [-0.4, -0.2) is 10.8 Å². The van der Waals surface area contributed by atoms with E-state index in [0.29, 0.717) is 9.92 Å². The van der Waals surface area contributed by atoms with E-state index in [-0.39, 0.29) is 0 Å². The predicted molar refractivity (Wildman–Crippen MR) is 46.3 cm³/mol. The SMILES string of the molecule is C[S+](=O)(O)c1ccc(Cl)cc1. The summed E-state index contributed by atoms with van der Waals surface area (Å²) in [4.78, 5) is 0.405. The zero-order valence-electron chi connectivity index (χ0n) is 5.95. The van der Waals surface area contributed by atoms with Crippen LogP contribution in [0.2, 0.25) is 5.02 Å². The van der Waals surface area contributed by atoms with E-state index in [0.717, 1.165) is 0 Å². The van der Waals surface area contributed by atoms with Crippen molar-refractivity contribution < 1.29 is 8.76 Å². The number of hydrogen-bond donors (Lipinski definition) is 1. The lowest BCUT2D eigenvalue weighted by Crippen LogP contribution is -2.05. The van der Waals surface area contributed by atoms with E-state index in [1.54, 1.807) is 24.3 Å². The fourth-order valence-electron chi connectivity index (χ4n) is 0.687. The van der Waals surface area contributed by atoms with Crippen molar-refractivity contribution in [2.24, 2.45) is 0 Å². The van der Waals surface area contributed by atoms with Gasteiger partial charge in [0.25, 0.3) is 0 Å². The Balaban J connectivity index is 3.09. The Hall–Kier alpha value is -0.380. The minimum atomic E-state index is -2.83. The molecule has 4 heteroatoms. The lowest BCUT2D eigenvalue weighted by Gasteiger charge is -1.96. The molecule has 0 aliphatic heterocycles. The maximum absolute atomic E-state index is 11.0. The van der Waals surface area contributed by atoms with Gasteiger partial charge in [0.1, 0.15) is 6.26 Å². The minimum absolute atomic E-state index is 0.405. The van der Waals surface area contributed by atoms with E-state index in [1.807, 2.05) is 0 Å². The van der Waals surface area contributed by atoms with Crippen molar-refractivity contribution in [1.29, 1.82) is 0 Å². The second kappa shape index (κ2) is 2.93. The fraction of sp³-hybridized carbons (Fsp3) is 0.143. The molecule has 1 atom stereocenters. The van der Waals surface area contributed by atoms with Gasteiger partial charge in [-0.05, 0) is 24.3 Å². The summed E-state index contributed by atoms with van der Waals surface area (Å²) in [5.41, 5.74) is 0. The van der Waals surface area contributed by atoms with Crippen LogP contribution in [0.25, 0.3) is 0 Å². The first kappa shape index (κ1) is 8.71. The third-order valence-electron chi connectivity index (χ3n) is 1.25. The Morgan fingerprint density at radius 2 is 1.82 bits per heavy atom. The molecule has 0 bridgehead atoms. The molecule has 0 aromatic heterocycles. The smallest absolute Gasteiger partial charge is 0.183 e. The van der Waals surface area contributed by atoms with Crippen LogP contribution in [0.4, 0.5) is 0 Å². The van der Waals surface area contributed by atoms with Gasteiger partial charge >= 0.3 is 0 Å². The molecule has 0 heterocycles. The monoisotopic (exact) mass is 191 g/mol. The highest BCUT2D eigenvalue weighted by atomic mass is 35.5. The largest absolute Gasteiger partial charge is 0.244 e. The fourth-order valence-corrected chi connectivity index (χ4v) is 1.45. The Morgan fingerprint density at radius 1 is 1.36 bits per heavy atom. The molecule has 1 rings (SSSR count). The molecule has 1 aromatic carbocycles. The second-order valence-electron chi connectivity index (χ2n) is 2.26. The Kier molecular flexibility index (Phi) is 2.32. The summed E-state index contributed by atoms with van der Waals surface area (Å²) in [6.45, 7) is 0. The van der Waals surface area contributed by atoms with Crippen LogP contribution in [0.1, 0.15) is 0 Å². The Morgan fingerprint density at radius 3 is 2.18 bits per heavy atom. The van der Waals surface area contributed by atoms with Crippen molar-refractivity contribution in [1.82, 2.24) is 0 Å². The molecule has 0 spiro atoms. The summed E-state index contributed by atoms with van der Waals surface area (Å²) in [7, 11) is -2.83. The molecule has 0 amide bonds. The first-order valence-electron chi connectivity index (χ1n) is 2.97. The van der Waals surface area contributed by atoms with Crippen LogP contribution in [0.15, 0.2) is 29.2 Å². The summed E-state index contributed by atoms with van der Waals surface area (Å²) in [5, 5.41) is 0.567. The summed E-state index contributed by atoms with van der Waals surface area (Å²) in [6.07, 6.45) is 1.27. The van der Waals surface area contributed by atoms with Gasteiger partial charge in [-0.3, -0.25) is 0 Å². The van der Waals surface area contributed by atoms with Crippen molar-refractivity contribution in [2.75, 3.05) is 6.26 Å². The number of hydrogen-bond acceptors (Lipinski definition) is 1. The maximum atomic E-state index is 11.0. The molecule has 1 N–H and O–H groups in total. The van der Waals surface area contributed by atoms with E-state index in [4.69, 9.17) is 16.2 Å². The molecule has 0 aliphatic carbocycles. The van der Waals surface area contributed by atoms with Gasteiger partial charge in [0, 0.05) is 5.02 Å². The average Bonchev–Trinajstić information content (AvgIpc) is 1.86.